The minimum Gasteiger partial charge on any atom is -0.496 e. The SMILES string of the molecule is COc1cc(N)ccc1CN1CCCC1CO. The van der Waals surface area contributed by atoms with Gasteiger partial charge in [-0.3, -0.25) is 4.90 Å². The maximum absolute atomic E-state index is 9.29. The highest BCUT2D eigenvalue weighted by atomic mass is 16.5. The highest BCUT2D eigenvalue weighted by Crippen LogP contribution is 2.26. The Morgan fingerprint density at radius 2 is 2.35 bits per heavy atom. The smallest absolute Gasteiger partial charge is 0.125 e. The molecule has 0 spiro atoms. The molecule has 1 heterocycles. The first-order valence-corrected chi connectivity index (χ1v) is 6.02. The molecule has 17 heavy (non-hydrogen) atoms. The summed E-state index contributed by atoms with van der Waals surface area (Å²) in [5.74, 6) is 0.827. The topological polar surface area (TPSA) is 58.7 Å². The summed E-state index contributed by atoms with van der Waals surface area (Å²) in [4.78, 5) is 2.30. The molecular formula is C13H20N2O2. The van der Waals surface area contributed by atoms with Crippen LogP contribution in [0, 0.1) is 0 Å². The zero-order valence-electron chi connectivity index (χ0n) is 10.2. The molecule has 0 amide bonds. The summed E-state index contributed by atoms with van der Waals surface area (Å²) < 4.78 is 5.34. The van der Waals surface area contributed by atoms with Crippen molar-refractivity contribution in [2.75, 3.05) is 26.0 Å². The van der Waals surface area contributed by atoms with E-state index < -0.39 is 0 Å². The fraction of sp³-hybridized carbons (Fsp3) is 0.538. The van der Waals surface area contributed by atoms with Gasteiger partial charge in [0.2, 0.25) is 0 Å². The second kappa shape index (κ2) is 5.38. The Hall–Kier alpha value is -1.26. The molecule has 0 saturated carbocycles. The molecule has 1 aromatic carbocycles. The third-order valence-electron chi connectivity index (χ3n) is 3.39. The Morgan fingerprint density at radius 1 is 1.53 bits per heavy atom. The summed E-state index contributed by atoms with van der Waals surface area (Å²) >= 11 is 0. The lowest BCUT2D eigenvalue weighted by atomic mass is 10.1. The highest BCUT2D eigenvalue weighted by Gasteiger charge is 2.24. The molecule has 94 valence electrons. The zero-order chi connectivity index (χ0) is 12.3. The van der Waals surface area contributed by atoms with Crippen LogP contribution in [0.5, 0.6) is 5.75 Å². The van der Waals surface area contributed by atoms with E-state index in [9.17, 15) is 5.11 Å². The number of likely N-dealkylation sites (tertiary alicyclic amines) is 1. The second-order valence-corrected chi connectivity index (χ2v) is 4.52. The van der Waals surface area contributed by atoms with Crippen LogP contribution in [0.15, 0.2) is 18.2 Å². The Morgan fingerprint density at radius 3 is 3.06 bits per heavy atom. The van der Waals surface area contributed by atoms with Gasteiger partial charge < -0.3 is 15.6 Å². The monoisotopic (exact) mass is 236 g/mol. The summed E-state index contributed by atoms with van der Waals surface area (Å²) in [7, 11) is 1.66. The molecule has 1 fully saturated rings. The molecule has 0 aromatic heterocycles. The minimum atomic E-state index is 0.233. The maximum atomic E-state index is 9.29. The number of nitrogens with two attached hydrogens (primary N) is 1. The lowest BCUT2D eigenvalue weighted by Crippen LogP contribution is -2.31. The van der Waals surface area contributed by atoms with Crippen molar-refractivity contribution in [2.24, 2.45) is 0 Å². The van der Waals surface area contributed by atoms with Crippen LogP contribution in [-0.2, 0) is 6.54 Å². The van der Waals surface area contributed by atoms with Gasteiger partial charge in [0.1, 0.15) is 5.75 Å². The third-order valence-corrected chi connectivity index (χ3v) is 3.39. The number of nitrogens with zero attached hydrogens (tertiary/aromatic N) is 1. The summed E-state index contributed by atoms with van der Waals surface area (Å²) in [6.45, 7) is 2.09. The molecule has 1 aliphatic heterocycles. The van der Waals surface area contributed by atoms with Gasteiger partial charge in [0.15, 0.2) is 0 Å². The molecule has 1 atom stereocenters. The van der Waals surface area contributed by atoms with Crippen LogP contribution in [-0.4, -0.2) is 36.3 Å². The van der Waals surface area contributed by atoms with Gasteiger partial charge in [-0.2, -0.15) is 0 Å². The van der Waals surface area contributed by atoms with Crippen LogP contribution in [0.4, 0.5) is 5.69 Å². The molecule has 4 nitrogen and oxygen atoms in total. The molecule has 0 radical (unpaired) electrons. The van der Waals surface area contributed by atoms with Gasteiger partial charge in [0.05, 0.1) is 13.7 Å². The Balaban J connectivity index is 2.12. The summed E-state index contributed by atoms with van der Waals surface area (Å²) in [5.41, 5.74) is 7.57. The number of anilines is 1. The van der Waals surface area contributed by atoms with Gasteiger partial charge in [0, 0.05) is 29.9 Å². The molecular weight excluding hydrogens is 216 g/mol. The summed E-state index contributed by atoms with van der Waals surface area (Å²) in [6, 6.07) is 6.03. The van der Waals surface area contributed by atoms with Gasteiger partial charge >= 0.3 is 0 Å². The van der Waals surface area contributed by atoms with Crippen LogP contribution >= 0.6 is 0 Å². The van der Waals surface area contributed by atoms with E-state index in [4.69, 9.17) is 10.5 Å². The van der Waals surface area contributed by atoms with Crippen LogP contribution < -0.4 is 10.5 Å². The van der Waals surface area contributed by atoms with Crippen LogP contribution in [0.2, 0.25) is 0 Å². The van der Waals surface area contributed by atoms with E-state index in [1.165, 1.54) is 0 Å². The zero-order valence-corrected chi connectivity index (χ0v) is 10.2. The van der Waals surface area contributed by atoms with Crippen molar-refractivity contribution in [3.63, 3.8) is 0 Å². The Kier molecular flexibility index (Phi) is 3.86. The molecule has 1 aliphatic rings. The fourth-order valence-corrected chi connectivity index (χ4v) is 2.42. The van der Waals surface area contributed by atoms with Crippen LogP contribution in [0.1, 0.15) is 18.4 Å². The maximum Gasteiger partial charge on any atom is 0.125 e. The molecule has 3 N–H and O–H groups in total. The van der Waals surface area contributed by atoms with Gasteiger partial charge in [-0.25, -0.2) is 0 Å². The van der Waals surface area contributed by atoms with Crippen molar-refractivity contribution in [2.45, 2.75) is 25.4 Å². The number of aliphatic hydroxyl groups is 1. The van der Waals surface area contributed by atoms with Crippen LogP contribution in [0.25, 0.3) is 0 Å². The van der Waals surface area contributed by atoms with E-state index in [1.54, 1.807) is 7.11 Å². The second-order valence-electron chi connectivity index (χ2n) is 4.52. The highest BCUT2D eigenvalue weighted by molar-refractivity contribution is 5.48. The molecule has 1 aromatic rings. The minimum absolute atomic E-state index is 0.233. The van der Waals surface area contributed by atoms with Crippen molar-refractivity contribution in [3.05, 3.63) is 23.8 Å². The molecule has 2 rings (SSSR count). The molecule has 1 unspecified atom stereocenters. The van der Waals surface area contributed by atoms with E-state index in [-0.39, 0.29) is 12.6 Å². The van der Waals surface area contributed by atoms with E-state index in [1.807, 2.05) is 18.2 Å². The van der Waals surface area contributed by atoms with Crippen LogP contribution in [0.3, 0.4) is 0 Å². The Bertz CT molecular complexity index is 382. The van der Waals surface area contributed by atoms with Gasteiger partial charge in [-0.15, -0.1) is 0 Å². The van der Waals surface area contributed by atoms with E-state index >= 15 is 0 Å². The standard InChI is InChI=1S/C13H20N2O2/c1-17-13-7-11(14)5-4-10(13)8-15-6-2-3-12(15)9-16/h4-5,7,12,16H,2-3,6,8-9,14H2,1H3. The van der Waals surface area contributed by atoms with Gasteiger partial charge in [-0.05, 0) is 25.5 Å². The first-order chi connectivity index (χ1) is 8.24. The lowest BCUT2D eigenvalue weighted by Gasteiger charge is -2.23. The van der Waals surface area contributed by atoms with Crippen molar-refractivity contribution in [1.29, 1.82) is 0 Å². The van der Waals surface area contributed by atoms with Crippen molar-refractivity contribution < 1.29 is 9.84 Å². The summed E-state index contributed by atoms with van der Waals surface area (Å²) in [6.07, 6.45) is 2.23. The number of ether oxygens (including phenoxy) is 1. The Labute approximate surface area is 102 Å². The van der Waals surface area contributed by atoms with Crippen molar-refractivity contribution >= 4 is 5.69 Å². The average Bonchev–Trinajstić information content (AvgIpc) is 2.78. The molecule has 4 heteroatoms. The quantitative estimate of drug-likeness (QED) is 0.772. The first-order valence-electron chi connectivity index (χ1n) is 6.02. The average molecular weight is 236 g/mol. The van der Waals surface area contributed by atoms with E-state index in [0.29, 0.717) is 5.69 Å². The van der Waals surface area contributed by atoms with Gasteiger partial charge in [-0.1, -0.05) is 6.07 Å². The molecule has 0 bridgehead atoms. The number of nitrogen functional groups attached to an aromatic ring is 1. The van der Waals surface area contributed by atoms with Crippen molar-refractivity contribution in [3.8, 4) is 5.75 Å². The number of methoxy groups -OCH3 is 1. The number of hydrogen-bond donors (Lipinski definition) is 2. The summed E-state index contributed by atoms with van der Waals surface area (Å²) in [5, 5.41) is 9.29. The number of aliphatic hydroxyl groups excluding tert-OH is 1. The predicted molar refractivity (Wildman–Crippen MR) is 67.9 cm³/mol. The third kappa shape index (κ3) is 2.70. The van der Waals surface area contributed by atoms with E-state index in [2.05, 4.69) is 4.90 Å². The number of rotatable bonds is 4. The first kappa shape index (κ1) is 12.2. The molecule has 1 saturated heterocycles. The normalized spacial score (nSPS) is 20.7. The molecule has 0 aliphatic carbocycles. The predicted octanol–water partition coefficient (Wildman–Crippen LogP) is 1.23. The number of hydrogen-bond acceptors (Lipinski definition) is 4. The van der Waals surface area contributed by atoms with Gasteiger partial charge in [0.25, 0.3) is 0 Å². The van der Waals surface area contributed by atoms with Crippen molar-refractivity contribution in [1.82, 2.24) is 4.90 Å². The number of benzene rings is 1. The van der Waals surface area contributed by atoms with E-state index in [0.717, 1.165) is 37.2 Å². The fourth-order valence-electron chi connectivity index (χ4n) is 2.42. The lowest BCUT2D eigenvalue weighted by molar-refractivity contribution is 0.152. The largest absolute Gasteiger partial charge is 0.496 e.